The van der Waals surface area contributed by atoms with Gasteiger partial charge in [-0.3, -0.25) is 24.4 Å². The van der Waals surface area contributed by atoms with Gasteiger partial charge in [-0.15, -0.1) is 10.2 Å². The number of H-pyrrole nitrogens is 4. The van der Waals surface area contributed by atoms with Gasteiger partial charge in [-0.05, 0) is 0 Å². The Balaban J connectivity index is 0.000000447. The highest BCUT2D eigenvalue weighted by Gasteiger charge is 2.07. The fourth-order valence-corrected chi connectivity index (χ4v) is 1.85. The van der Waals surface area contributed by atoms with E-state index in [1.165, 1.54) is 12.7 Å². The number of aromatic nitrogens is 8. The molecule has 0 aliphatic carbocycles. The van der Waals surface area contributed by atoms with Crippen LogP contribution in [0.25, 0.3) is 22.3 Å². The summed E-state index contributed by atoms with van der Waals surface area (Å²) in [4.78, 5) is 58.3. The van der Waals surface area contributed by atoms with Gasteiger partial charge in [0.15, 0.2) is 22.3 Å². The lowest BCUT2D eigenvalue weighted by molar-refractivity contribution is -0.134. The van der Waals surface area contributed by atoms with Crippen LogP contribution < -0.4 is 11.1 Å². The molecule has 0 radical (unpaired) electrons. The summed E-state index contributed by atoms with van der Waals surface area (Å²) in [5.74, 6) is -0.955. The number of fused-ring (bicyclic) bond motifs is 2. The number of aliphatic carboxylic acids is 1. The SMILES string of the molecule is CC(=O)O.O=c1[nH]c(N=Nc2nc3nc[nH]c3c(=O)[nH]2)nc2nc[nH]c12. The first-order chi connectivity index (χ1) is 12.4. The van der Waals surface area contributed by atoms with Crippen LogP contribution in [0.15, 0.2) is 32.5 Å². The molecule has 4 aromatic rings. The highest BCUT2D eigenvalue weighted by atomic mass is 16.4. The van der Waals surface area contributed by atoms with Crippen molar-refractivity contribution in [2.24, 2.45) is 10.2 Å². The van der Waals surface area contributed by atoms with Crippen molar-refractivity contribution in [1.82, 2.24) is 39.9 Å². The molecule has 0 atom stereocenters. The number of carbonyl (C=O) groups is 1. The molecule has 0 aromatic carbocycles. The zero-order valence-electron chi connectivity index (χ0n) is 13.0. The van der Waals surface area contributed by atoms with Gasteiger partial charge in [0.05, 0.1) is 12.7 Å². The van der Waals surface area contributed by atoms with E-state index in [2.05, 4.69) is 50.1 Å². The minimum absolute atomic E-state index is 0.0608. The number of carboxylic acid groups (broad SMARTS) is 1. The predicted octanol–water partition coefficient (Wildman–Crippen LogP) is 0.112. The summed E-state index contributed by atoms with van der Waals surface area (Å²) in [7, 11) is 0. The zero-order chi connectivity index (χ0) is 18.7. The van der Waals surface area contributed by atoms with Crippen molar-refractivity contribution in [3.63, 3.8) is 0 Å². The highest BCUT2D eigenvalue weighted by Crippen LogP contribution is 2.11. The first-order valence-corrected chi connectivity index (χ1v) is 6.92. The summed E-state index contributed by atoms with van der Waals surface area (Å²) in [6, 6.07) is 0. The molecule has 0 spiro atoms. The maximum absolute atomic E-state index is 11.7. The summed E-state index contributed by atoms with van der Waals surface area (Å²) >= 11 is 0. The van der Waals surface area contributed by atoms with Gasteiger partial charge in [0.2, 0.25) is 0 Å². The van der Waals surface area contributed by atoms with Gasteiger partial charge >= 0.3 is 0 Å². The number of imidazole rings is 2. The molecule has 0 fully saturated rings. The molecule has 5 N–H and O–H groups in total. The third kappa shape index (κ3) is 3.48. The number of hydrogen-bond acceptors (Lipinski definition) is 9. The van der Waals surface area contributed by atoms with E-state index >= 15 is 0 Å². The fourth-order valence-electron chi connectivity index (χ4n) is 1.85. The van der Waals surface area contributed by atoms with Crippen molar-refractivity contribution in [3.05, 3.63) is 33.4 Å². The Morgan fingerprint density at radius 1 is 0.923 bits per heavy atom. The van der Waals surface area contributed by atoms with Crippen LogP contribution in [0.3, 0.4) is 0 Å². The number of aromatic amines is 4. The average Bonchev–Trinajstić information content (AvgIpc) is 3.21. The van der Waals surface area contributed by atoms with Crippen LogP contribution in [-0.4, -0.2) is 50.9 Å². The topological polar surface area (TPSA) is 211 Å². The third-order valence-corrected chi connectivity index (χ3v) is 2.81. The summed E-state index contributed by atoms with van der Waals surface area (Å²) in [6.45, 7) is 1.08. The van der Waals surface area contributed by atoms with E-state index in [1.807, 2.05) is 0 Å². The normalized spacial score (nSPS) is 11.0. The third-order valence-electron chi connectivity index (χ3n) is 2.81. The second kappa shape index (κ2) is 6.71. The minimum Gasteiger partial charge on any atom is -0.481 e. The van der Waals surface area contributed by atoms with Crippen LogP contribution in [0.1, 0.15) is 6.92 Å². The molecular weight excluding hydrogens is 348 g/mol. The highest BCUT2D eigenvalue weighted by molar-refractivity contribution is 5.70. The van der Waals surface area contributed by atoms with E-state index in [0.717, 1.165) is 6.92 Å². The van der Waals surface area contributed by atoms with Gasteiger partial charge in [0.25, 0.3) is 29.0 Å². The van der Waals surface area contributed by atoms with Crippen molar-refractivity contribution in [1.29, 1.82) is 0 Å². The zero-order valence-corrected chi connectivity index (χ0v) is 13.0. The summed E-state index contributed by atoms with van der Waals surface area (Å²) in [5.41, 5.74) is 0.0389. The molecule has 4 heterocycles. The Morgan fingerprint density at radius 3 is 1.69 bits per heavy atom. The largest absolute Gasteiger partial charge is 0.481 e. The van der Waals surface area contributed by atoms with Crippen molar-refractivity contribution < 1.29 is 9.90 Å². The molecule has 4 rings (SSSR count). The molecule has 26 heavy (non-hydrogen) atoms. The Labute approximate surface area is 141 Å². The van der Waals surface area contributed by atoms with Gasteiger partial charge in [-0.1, -0.05) is 0 Å². The average molecular weight is 358 g/mol. The molecule has 4 aromatic heterocycles. The number of carboxylic acids is 1. The molecule has 132 valence electrons. The number of nitrogens with one attached hydrogen (secondary N) is 4. The van der Waals surface area contributed by atoms with E-state index in [9.17, 15) is 9.59 Å². The second-order valence-corrected chi connectivity index (χ2v) is 4.70. The Kier molecular flexibility index (Phi) is 4.29. The number of hydrogen-bond donors (Lipinski definition) is 5. The number of rotatable bonds is 2. The molecule has 0 saturated heterocycles. The Bertz CT molecular complexity index is 1140. The monoisotopic (exact) mass is 358 g/mol. The van der Waals surface area contributed by atoms with E-state index in [-0.39, 0.29) is 34.2 Å². The summed E-state index contributed by atoms with van der Waals surface area (Å²) in [6.07, 6.45) is 2.69. The lowest BCUT2D eigenvalue weighted by Gasteiger charge is -1.93. The second-order valence-electron chi connectivity index (χ2n) is 4.70. The van der Waals surface area contributed by atoms with Gasteiger partial charge < -0.3 is 15.1 Å². The maximum Gasteiger partial charge on any atom is 0.300 e. The standard InChI is InChI=1S/C10H6N10O2.C2H4O2/c21-7-3-5(13-1-11-3)15-9(17-7)19-20-10-16-6-4(8(22)18-10)12-2-14-6;1-2(3)4/h1-2H,(H2,11,13,15,17,21)(H2,12,14,16,18,22);1H3,(H,3,4). The number of azo groups is 1. The van der Waals surface area contributed by atoms with Crippen molar-refractivity contribution in [3.8, 4) is 0 Å². The minimum atomic E-state index is -0.833. The smallest absolute Gasteiger partial charge is 0.300 e. The van der Waals surface area contributed by atoms with Crippen molar-refractivity contribution in [2.45, 2.75) is 6.92 Å². The first-order valence-electron chi connectivity index (χ1n) is 6.92. The lowest BCUT2D eigenvalue weighted by Crippen LogP contribution is -2.07. The maximum atomic E-state index is 11.7. The molecule has 0 bridgehead atoms. The van der Waals surface area contributed by atoms with Crippen LogP contribution in [0.2, 0.25) is 0 Å². The molecule has 0 unspecified atom stereocenters. The van der Waals surface area contributed by atoms with Crippen LogP contribution in [0.5, 0.6) is 0 Å². The summed E-state index contributed by atoms with van der Waals surface area (Å²) in [5, 5.41) is 14.9. The number of nitrogens with zero attached hydrogens (tertiary/aromatic N) is 6. The van der Waals surface area contributed by atoms with Gasteiger partial charge in [0, 0.05) is 6.92 Å². The van der Waals surface area contributed by atoms with E-state index in [1.54, 1.807) is 0 Å². The molecule has 14 nitrogen and oxygen atoms in total. The van der Waals surface area contributed by atoms with Gasteiger partial charge in [0.1, 0.15) is 0 Å². The van der Waals surface area contributed by atoms with Crippen LogP contribution in [0.4, 0.5) is 11.9 Å². The molecule has 14 heteroatoms. The van der Waals surface area contributed by atoms with E-state index in [0.29, 0.717) is 0 Å². The Hall–Kier alpha value is -4.23. The van der Waals surface area contributed by atoms with Crippen molar-refractivity contribution >= 4 is 40.2 Å². The molecule has 0 amide bonds. The Morgan fingerprint density at radius 2 is 1.31 bits per heavy atom. The molecular formula is C12H10N10O4. The van der Waals surface area contributed by atoms with E-state index < -0.39 is 17.1 Å². The van der Waals surface area contributed by atoms with Gasteiger partial charge in [-0.2, -0.15) is 9.97 Å². The predicted molar refractivity (Wildman–Crippen MR) is 86.5 cm³/mol. The van der Waals surface area contributed by atoms with Gasteiger partial charge in [-0.25, -0.2) is 9.97 Å². The lowest BCUT2D eigenvalue weighted by atomic mass is 10.5. The quantitative estimate of drug-likeness (QED) is 0.309. The fraction of sp³-hybridized carbons (Fsp3) is 0.0833. The molecule has 0 aliphatic rings. The van der Waals surface area contributed by atoms with Crippen molar-refractivity contribution in [2.75, 3.05) is 0 Å². The summed E-state index contributed by atoms with van der Waals surface area (Å²) < 4.78 is 0. The molecule has 0 aliphatic heterocycles. The van der Waals surface area contributed by atoms with Crippen LogP contribution >= 0.6 is 0 Å². The molecule has 0 saturated carbocycles. The van der Waals surface area contributed by atoms with E-state index in [4.69, 9.17) is 9.90 Å². The first kappa shape index (κ1) is 16.6. The van der Waals surface area contributed by atoms with Crippen LogP contribution in [0, 0.1) is 0 Å². The van der Waals surface area contributed by atoms with Crippen LogP contribution in [-0.2, 0) is 4.79 Å².